The lowest BCUT2D eigenvalue weighted by Gasteiger charge is -2.07. The van der Waals surface area contributed by atoms with Gasteiger partial charge in [0, 0.05) is 25.4 Å². The minimum Gasteiger partial charge on any atom is -0.335 e. The molecule has 0 radical (unpaired) electrons. The zero-order valence-electron chi connectivity index (χ0n) is 8.25. The zero-order valence-corrected chi connectivity index (χ0v) is 8.25. The summed E-state index contributed by atoms with van der Waals surface area (Å²) in [5, 5.41) is 0. The van der Waals surface area contributed by atoms with Gasteiger partial charge in [0.05, 0.1) is 0 Å². The SMILES string of the molecule is CCCn1ccnc1CC(C)C. The Balaban J connectivity index is 2.63. The van der Waals surface area contributed by atoms with E-state index in [9.17, 15) is 0 Å². The van der Waals surface area contributed by atoms with Crippen LogP contribution in [0.3, 0.4) is 0 Å². The fourth-order valence-electron chi connectivity index (χ4n) is 1.34. The van der Waals surface area contributed by atoms with Gasteiger partial charge < -0.3 is 4.57 Å². The van der Waals surface area contributed by atoms with Crippen molar-refractivity contribution in [2.24, 2.45) is 5.92 Å². The first kappa shape index (κ1) is 9.30. The summed E-state index contributed by atoms with van der Waals surface area (Å²) in [4.78, 5) is 4.34. The Hall–Kier alpha value is -0.790. The number of rotatable bonds is 4. The lowest BCUT2D eigenvalue weighted by Crippen LogP contribution is -2.05. The summed E-state index contributed by atoms with van der Waals surface area (Å²) in [5.41, 5.74) is 0. The summed E-state index contributed by atoms with van der Waals surface area (Å²) in [6.45, 7) is 7.75. The van der Waals surface area contributed by atoms with Crippen LogP contribution in [0.25, 0.3) is 0 Å². The molecule has 0 saturated heterocycles. The van der Waals surface area contributed by atoms with E-state index in [1.165, 1.54) is 12.2 Å². The van der Waals surface area contributed by atoms with Crippen molar-refractivity contribution >= 4 is 0 Å². The van der Waals surface area contributed by atoms with E-state index in [0.717, 1.165) is 13.0 Å². The Bertz CT molecular complexity index is 225. The third kappa shape index (κ3) is 2.36. The molecule has 1 aromatic heterocycles. The standard InChI is InChI=1S/C10H18N2/c1-4-6-12-7-5-11-10(12)8-9(2)3/h5,7,9H,4,6,8H2,1-3H3. The van der Waals surface area contributed by atoms with E-state index in [2.05, 4.69) is 36.5 Å². The maximum absolute atomic E-state index is 4.34. The third-order valence-electron chi connectivity index (χ3n) is 1.86. The van der Waals surface area contributed by atoms with Crippen LogP contribution in [0.4, 0.5) is 0 Å². The molecule has 0 aliphatic rings. The molecule has 0 N–H and O–H groups in total. The summed E-state index contributed by atoms with van der Waals surface area (Å²) in [7, 11) is 0. The van der Waals surface area contributed by atoms with E-state index in [1.54, 1.807) is 0 Å². The van der Waals surface area contributed by atoms with Crippen molar-refractivity contribution in [1.29, 1.82) is 0 Å². The highest BCUT2D eigenvalue weighted by Gasteiger charge is 2.03. The number of aryl methyl sites for hydroxylation is 1. The molecule has 0 aliphatic heterocycles. The molecule has 1 rings (SSSR count). The molecule has 0 bridgehead atoms. The van der Waals surface area contributed by atoms with Crippen LogP contribution in [0, 0.1) is 5.92 Å². The first-order chi connectivity index (χ1) is 5.74. The van der Waals surface area contributed by atoms with Crippen LogP contribution < -0.4 is 0 Å². The van der Waals surface area contributed by atoms with Gasteiger partial charge in [0.15, 0.2) is 0 Å². The van der Waals surface area contributed by atoms with Crippen molar-refractivity contribution in [1.82, 2.24) is 9.55 Å². The van der Waals surface area contributed by atoms with Crippen molar-refractivity contribution in [3.63, 3.8) is 0 Å². The monoisotopic (exact) mass is 166 g/mol. The van der Waals surface area contributed by atoms with Crippen LogP contribution in [0.15, 0.2) is 12.4 Å². The highest BCUT2D eigenvalue weighted by Crippen LogP contribution is 2.06. The molecule has 68 valence electrons. The van der Waals surface area contributed by atoms with Gasteiger partial charge in [-0.2, -0.15) is 0 Å². The summed E-state index contributed by atoms with van der Waals surface area (Å²) in [5.74, 6) is 1.93. The normalized spacial score (nSPS) is 11.0. The molecule has 0 fully saturated rings. The van der Waals surface area contributed by atoms with Gasteiger partial charge in [0.1, 0.15) is 5.82 Å². The van der Waals surface area contributed by atoms with Gasteiger partial charge in [-0.3, -0.25) is 0 Å². The van der Waals surface area contributed by atoms with E-state index >= 15 is 0 Å². The molecule has 0 aliphatic carbocycles. The Morgan fingerprint density at radius 1 is 1.50 bits per heavy atom. The van der Waals surface area contributed by atoms with Gasteiger partial charge in [-0.25, -0.2) is 4.98 Å². The van der Waals surface area contributed by atoms with Crippen molar-refractivity contribution < 1.29 is 0 Å². The smallest absolute Gasteiger partial charge is 0.108 e. The number of imidazole rings is 1. The van der Waals surface area contributed by atoms with Crippen LogP contribution in [0.2, 0.25) is 0 Å². The second kappa shape index (κ2) is 4.29. The zero-order chi connectivity index (χ0) is 8.97. The van der Waals surface area contributed by atoms with E-state index in [1.807, 2.05) is 6.20 Å². The highest BCUT2D eigenvalue weighted by molar-refractivity contribution is 4.93. The van der Waals surface area contributed by atoms with Gasteiger partial charge in [-0.15, -0.1) is 0 Å². The van der Waals surface area contributed by atoms with Gasteiger partial charge in [0.2, 0.25) is 0 Å². The van der Waals surface area contributed by atoms with Gasteiger partial charge in [0.25, 0.3) is 0 Å². The average molecular weight is 166 g/mol. The minimum absolute atomic E-state index is 0.697. The summed E-state index contributed by atoms with van der Waals surface area (Å²) >= 11 is 0. The molecular formula is C10H18N2. The highest BCUT2D eigenvalue weighted by atomic mass is 15.1. The molecule has 2 nitrogen and oxygen atoms in total. The van der Waals surface area contributed by atoms with Gasteiger partial charge in [-0.05, 0) is 12.3 Å². The second-order valence-corrected chi connectivity index (χ2v) is 3.63. The summed E-state index contributed by atoms with van der Waals surface area (Å²) < 4.78 is 2.25. The van der Waals surface area contributed by atoms with E-state index in [4.69, 9.17) is 0 Å². The van der Waals surface area contributed by atoms with E-state index in [0.29, 0.717) is 5.92 Å². The first-order valence-electron chi connectivity index (χ1n) is 4.74. The maximum atomic E-state index is 4.34. The second-order valence-electron chi connectivity index (χ2n) is 3.63. The molecule has 0 amide bonds. The fourth-order valence-corrected chi connectivity index (χ4v) is 1.34. The molecule has 0 aromatic carbocycles. The summed E-state index contributed by atoms with van der Waals surface area (Å²) in [6.07, 6.45) is 6.24. The van der Waals surface area contributed by atoms with Gasteiger partial charge >= 0.3 is 0 Å². The largest absolute Gasteiger partial charge is 0.335 e. The molecule has 0 atom stereocenters. The van der Waals surface area contributed by atoms with E-state index in [-0.39, 0.29) is 0 Å². The van der Waals surface area contributed by atoms with Crippen LogP contribution in [-0.2, 0) is 13.0 Å². The topological polar surface area (TPSA) is 17.8 Å². The Morgan fingerprint density at radius 2 is 2.25 bits per heavy atom. The molecule has 0 spiro atoms. The minimum atomic E-state index is 0.697. The predicted octanol–water partition coefficient (Wildman–Crippen LogP) is 2.49. The van der Waals surface area contributed by atoms with Crippen LogP contribution in [0.5, 0.6) is 0 Å². The third-order valence-corrected chi connectivity index (χ3v) is 1.86. The van der Waals surface area contributed by atoms with Crippen molar-refractivity contribution in [3.05, 3.63) is 18.2 Å². The molecule has 1 heterocycles. The lowest BCUT2D eigenvalue weighted by molar-refractivity contribution is 0.567. The molecule has 12 heavy (non-hydrogen) atoms. The number of hydrogen-bond donors (Lipinski definition) is 0. The molecular weight excluding hydrogens is 148 g/mol. The van der Waals surface area contributed by atoms with Crippen molar-refractivity contribution in [2.45, 2.75) is 40.2 Å². The van der Waals surface area contributed by atoms with Gasteiger partial charge in [-0.1, -0.05) is 20.8 Å². The van der Waals surface area contributed by atoms with Crippen molar-refractivity contribution in [3.8, 4) is 0 Å². The maximum Gasteiger partial charge on any atom is 0.108 e. The Morgan fingerprint density at radius 3 is 2.83 bits per heavy atom. The predicted molar refractivity (Wildman–Crippen MR) is 51.1 cm³/mol. The Kier molecular flexibility index (Phi) is 3.32. The Labute approximate surface area is 74.6 Å². The van der Waals surface area contributed by atoms with Crippen LogP contribution >= 0.6 is 0 Å². The lowest BCUT2D eigenvalue weighted by atomic mass is 10.1. The molecule has 0 saturated carbocycles. The van der Waals surface area contributed by atoms with Crippen molar-refractivity contribution in [2.75, 3.05) is 0 Å². The quantitative estimate of drug-likeness (QED) is 0.672. The first-order valence-corrected chi connectivity index (χ1v) is 4.74. The number of hydrogen-bond acceptors (Lipinski definition) is 1. The average Bonchev–Trinajstić information content (AvgIpc) is 2.37. The number of aromatic nitrogens is 2. The van der Waals surface area contributed by atoms with Crippen LogP contribution in [-0.4, -0.2) is 9.55 Å². The van der Waals surface area contributed by atoms with Crippen LogP contribution in [0.1, 0.15) is 33.0 Å². The molecule has 2 heteroatoms. The molecule has 1 aromatic rings. The molecule has 0 unspecified atom stereocenters. The van der Waals surface area contributed by atoms with E-state index < -0.39 is 0 Å². The summed E-state index contributed by atoms with van der Waals surface area (Å²) in [6, 6.07) is 0. The fraction of sp³-hybridized carbons (Fsp3) is 0.700. The number of nitrogens with zero attached hydrogens (tertiary/aromatic N) is 2.